The van der Waals surface area contributed by atoms with Crippen LogP contribution in [0.25, 0.3) is 5.70 Å². The first-order valence-corrected chi connectivity index (χ1v) is 10.0. The maximum Gasteiger partial charge on any atom is 0.305 e. The summed E-state index contributed by atoms with van der Waals surface area (Å²) in [6.45, 7) is 5.26. The molecule has 0 unspecified atom stereocenters. The molecular formula is C21H30N4O3. The van der Waals surface area contributed by atoms with Crippen LogP contribution in [-0.2, 0) is 14.4 Å². The topological polar surface area (TPSA) is 101 Å². The number of nitrogens with zero attached hydrogens (tertiary/aromatic N) is 1. The number of amidine groups is 1. The summed E-state index contributed by atoms with van der Waals surface area (Å²) in [5.74, 6) is -0.0261. The fourth-order valence-electron chi connectivity index (χ4n) is 3.69. The van der Waals surface area contributed by atoms with Gasteiger partial charge in [-0.1, -0.05) is 24.3 Å². The molecule has 28 heavy (non-hydrogen) atoms. The van der Waals surface area contributed by atoms with E-state index in [9.17, 15) is 4.79 Å². The number of unbranched alkanes of at least 4 members (excludes halogenated alkanes) is 1. The van der Waals surface area contributed by atoms with Gasteiger partial charge in [0.1, 0.15) is 11.4 Å². The van der Waals surface area contributed by atoms with E-state index in [1.807, 2.05) is 31.2 Å². The molecule has 7 nitrogen and oxygen atoms in total. The van der Waals surface area contributed by atoms with Gasteiger partial charge in [-0.15, -0.1) is 0 Å². The molecule has 2 aliphatic heterocycles. The predicted octanol–water partition coefficient (Wildman–Crippen LogP) is 2.41. The molecule has 0 saturated carbocycles. The van der Waals surface area contributed by atoms with Crippen LogP contribution in [0.4, 0.5) is 0 Å². The minimum atomic E-state index is -0.254. The van der Waals surface area contributed by atoms with Gasteiger partial charge in [0.25, 0.3) is 0 Å². The van der Waals surface area contributed by atoms with Gasteiger partial charge in [-0.25, -0.2) is 0 Å². The highest BCUT2D eigenvalue weighted by Crippen LogP contribution is 2.34. The Bertz CT molecular complexity index is 722. The average Bonchev–Trinajstić information content (AvgIpc) is 3.11. The molecule has 1 aromatic carbocycles. The van der Waals surface area contributed by atoms with Crippen molar-refractivity contribution in [2.75, 3.05) is 26.2 Å². The fraction of sp³-hybridized carbons (Fsp3) is 0.524. The highest BCUT2D eigenvalue weighted by Gasteiger charge is 2.38. The number of piperidine rings is 1. The molecule has 0 radical (unpaired) electrons. The second kappa shape index (κ2) is 9.21. The lowest BCUT2D eigenvalue weighted by molar-refractivity contribution is -0.143. The lowest BCUT2D eigenvalue weighted by atomic mass is 9.90. The van der Waals surface area contributed by atoms with E-state index in [-0.39, 0.29) is 17.4 Å². The summed E-state index contributed by atoms with van der Waals surface area (Å²) in [6.07, 6.45) is 6.45. The highest BCUT2D eigenvalue weighted by atomic mass is 16.7. The first kappa shape index (κ1) is 20.4. The monoisotopic (exact) mass is 386 g/mol. The molecule has 0 atom stereocenters. The van der Waals surface area contributed by atoms with E-state index in [2.05, 4.69) is 16.5 Å². The summed E-state index contributed by atoms with van der Waals surface area (Å²) in [5, 5.41) is 7.48. The van der Waals surface area contributed by atoms with Crippen LogP contribution in [0.5, 0.6) is 0 Å². The van der Waals surface area contributed by atoms with Gasteiger partial charge in [0.2, 0.25) is 0 Å². The Morgan fingerprint density at radius 1 is 1.29 bits per heavy atom. The molecule has 7 heteroatoms. The normalized spacial score (nSPS) is 18.5. The molecule has 0 aliphatic carbocycles. The van der Waals surface area contributed by atoms with Crippen molar-refractivity contribution >= 4 is 17.5 Å². The van der Waals surface area contributed by atoms with Crippen LogP contribution in [0, 0.1) is 5.41 Å². The maximum atomic E-state index is 11.4. The summed E-state index contributed by atoms with van der Waals surface area (Å²) < 4.78 is 4.96. The molecule has 0 bridgehead atoms. The molecule has 3 rings (SSSR count). The van der Waals surface area contributed by atoms with Crippen molar-refractivity contribution < 1.29 is 14.4 Å². The Kier molecular flexibility index (Phi) is 6.70. The van der Waals surface area contributed by atoms with E-state index in [1.54, 1.807) is 0 Å². The van der Waals surface area contributed by atoms with Crippen LogP contribution in [0.2, 0.25) is 0 Å². The van der Waals surface area contributed by atoms with Crippen molar-refractivity contribution in [3.8, 4) is 0 Å². The van der Waals surface area contributed by atoms with E-state index in [1.165, 1.54) is 0 Å². The van der Waals surface area contributed by atoms with Crippen LogP contribution >= 0.6 is 0 Å². The van der Waals surface area contributed by atoms with E-state index >= 15 is 0 Å². The van der Waals surface area contributed by atoms with Gasteiger partial charge in [0, 0.05) is 25.1 Å². The Morgan fingerprint density at radius 2 is 2.00 bits per heavy atom. The standard InChI is InChI=1S/C21H30N4O3/c1-2-27-19(26)5-3-4-12-25-13-10-21(11-14-25)15-18(24-28-21)16-6-8-17(9-7-16)20(22)23/h6-9,15,24H,2-5,10-14H2,1H3,(H3,22,23). The van der Waals surface area contributed by atoms with Crippen molar-refractivity contribution in [1.82, 2.24) is 10.4 Å². The Labute approximate surface area is 166 Å². The maximum absolute atomic E-state index is 11.4. The molecule has 152 valence electrons. The van der Waals surface area contributed by atoms with E-state index in [0.717, 1.165) is 56.6 Å². The number of benzene rings is 1. The fourth-order valence-corrected chi connectivity index (χ4v) is 3.69. The van der Waals surface area contributed by atoms with Crippen molar-refractivity contribution in [2.45, 2.75) is 44.6 Å². The third-order valence-electron chi connectivity index (χ3n) is 5.39. The Morgan fingerprint density at radius 3 is 2.64 bits per heavy atom. The first-order valence-electron chi connectivity index (χ1n) is 10.0. The van der Waals surface area contributed by atoms with E-state index in [4.69, 9.17) is 20.7 Å². The minimum absolute atomic E-state index is 0.0715. The first-order chi connectivity index (χ1) is 13.5. The molecular weight excluding hydrogens is 356 g/mol. The van der Waals surface area contributed by atoms with Crippen LogP contribution in [0.15, 0.2) is 30.3 Å². The summed E-state index contributed by atoms with van der Waals surface area (Å²) in [7, 11) is 0. The molecule has 1 saturated heterocycles. The predicted molar refractivity (Wildman–Crippen MR) is 109 cm³/mol. The quantitative estimate of drug-likeness (QED) is 0.275. The number of likely N-dealkylation sites (tertiary alicyclic amines) is 1. The van der Waals surface area contributed by atoms with Gasteiger partial charge in [-0.2, -0.15) is 0 Å². The number of nitrogens with two attached hydrogens (primary N) is 1. The molecule has 0 amide bonds. The highest BCUT2D eigenvalue weighted by molar-refractivity contribution is 5.95. The summed E-state index contributed by atoms with van der Waals surface area (Å²) in [4.78, 5) is 19.8. The number of esters is 1. The van der Waals surface area contributed by atoms with Gasteiger partial charge < -0.3 is 15.4 Å². The van der Waals surface area contributed by atoms with Gasteiger partial charge in [0.15, 0.2) is 0 Å². The second-order valence-corrected chi connectivity index (χ2v) is 7.42. The molecule has 2 heterocycles. The van der Waals surface area contributed by atoms with Crippen molar-refractivity contribution in [3.05, 3.63) is 41.5 Å². The average molecular weight is 386 g/mol. The van der Waals surface area contributed by atoms with E-state index in [0.29, 0.717) is 18.6 Å². The SMILES string of the molecule is CCOC(=O)CCCCN1CCC2(C=C(c3ccc(C(=N)N)cc3)NO2)CC1. The minimum Gasteiger partial charge on any atom is -0.466 e. The third-order valence-corrected chi connectivity index (χ3v) is 5.39. The number of ether oxygens (including phenoxy) is 1. The van der Waals surface area contributed by atoms with Gasteiger partial charge in [-0.3, -0.25) is 20.5 Å². The summed E-state index contributed by atoms with van der Waals surface area (Å²) >= 11 is 0. The number of carbonyl (C=O) groups is 1. The van der Waals surface area contributed by atoms with Crippen LogP contribution in [0.1, 0.15) is 50.2 Å². The van der Waals surface area contributed by atoms with Crippen molar-refractivity contribution in [1.29, 1.82) is 5.41 Å². The lowest BCUT2D eigenvalue weighted by Gasteiger charge is -2.36. The number of hydrogen-bond acceptors (Lipinski definition) is 6. The van der Waals surface area contributed by atoms with Crippen LogP contribution in [-0.4, -0.2) is 48.5 Å². The zero-order valence-corrected chi connectivity index (χ0v) is 16.5. The number of hydroxylamine groups is 1. The molecule has 4 N–H and O–H groups in total. The lowest BCUT2D eigenvalue weighted by Crippen LogP contribution is -2.44. The molecule has 2 aliphatic rings. The van der Waals surface area contributed by atoms with Crippen molar-refractivity contribution in [3.63, 3.8) is 0 Å². The summed E-state index contributed by atoms with van der Waals surface area (Å²) in [6, 6.07) is 7.61. The molecule has 1 fully saturated rings. The van der Waals surface area contributed by atoms with Gasteiger partial charge in [-0.05, 0) is 50.8 Å². The summed E-state index contributed by atoms with van der Waals surface area (Å²) in [5.41, 5.74) is 11.1. The van der Waals surface area contributed by atoms with Gasteiger partial charge in [0.05, 0.1) is 12.3 Å². The van der Waals surface area contributed by atoms with Gasteiger partial charge >= 0.3 is 5.97 Å². The number of hydrogen-bond donors (Lipinski definition) is 3. The molecule has 1 spiro atoms. The zero-order valence-electron chi connectivity index (χ0n) is 16.5. The largest absolute Gasteiger partial charge is 0.466 e. The zero-order chi connectivity index (χ0) is 20.0. The number of rotatable bonds is 8. The molecule has 1 aromatic rings. The third kappa shape index (κ3) is 5.11. The van der Waals surface area contributed by atoms with Crippen LogP contribution in [0.3, 0.4) is 0 Å². The van der Waals surface area contributed by atoms with E-state index < -0.39 is 0 Å². The molecule has 0 aromatic heterocycles. The smallest absolute Gasteiger partial charge is 0.305 e. The Hall–Kier alpha value is -2.38. The number of nitrogen functional groups attached to an aromatic ring is 1. The second-order valence-electron chi connectivity index (χ2n) is 7.42. The number of carbonyl (C=O) groups excluding carboxylic acids is 1. The number of nitrogens with one attached hydrogen (secondary N) is 2. The van der Waals surface area contributed by atoms with Crippen LogP contribution < -0.4 is 11.2 Å². The Balaban J connectivity index is 1.46. The van der Waals surface area contributed by atoms with Crippen molar-refractivity contribution in [2.24, 2.45) is 5.73 Å².